The molecule has 1 aromatic heterocycles. The van der Waals surface area contributed by atoms with E-state index < -0.39 is 5.91 Å². The van der Waals surface area contributed by atoms with Crippen molar-refractivity contribution in [1.82, 2.24) is 15.4 Å². The number of aromatic nitrogens is 1. The summed E-state index contributed by atoms with van der Waals surface area (Å²) in [5.74, 6) is -0.536. The molecule has 6 nitrogen and oxygen atoms in total. The van der Waals surface area contributed by atoms with Crippen molar-refractivity contribution in [3.05, 3.63) is 77.0 Å². The van der Waals surface area contributed by atoms with Gasteiger partial charge in [0.05, 0.1) is 0 Å². The van der Waals surface area contributed by atoms with Crippen LogP contribution in [0.25, 0.3) is 17.0 Å². The number of carbonyl (C=O) groups is 1. The molecule has 1 amide bonds. The third-order valence-electron chi connectivity index (χ3n) is 6.14. The van der Waals surface area contributed by atoms with Gasteiger partial charge in [0.15, 0.2) is 0 Å². The van der Waals surface area contributed by atoms with E-state index >= 15 is 0 Å². The van der Waals surface area contributed by atoms with Crippen molar-refractivity contribution in [3.8, 4) is 0 Å². The smallest absolute Gasteiger partial charge is 0.267 e. The number of nitrogens with one attached hydrogen (secondary N) is 2. The highest BCUT2D eigenvalue weighted by atomic mass is 16.5. The monoisotopic (exact) mass is 419 g/mol. The fourth-order valence-electron chi connectivity index (χ4n) is 4.61. The lowest BCUT2D eigenvalue weighted by Gasteiger charge is -2.29. The molecule has 162 valence electrons. The van der Waals surface area contributed by atoms with Crippen LogP contribution in [0.2, 0.25) is 0 Å². The summed E-state index contributed by atoms with van der Waals surface area (Å²) in [6.45, 7) is 1.99. The summed E-state index contributed by atoms with van der Waals surface area (Å²) in [7, 11) is 0. The lowest BCUT2D eigenvalue weighted by molar-refractivity contribution is -0.124. The number of nitrogens with zero attached hydrogens (tertiary/aromatic N) is 1. The van der Waals surface area contributed by atoms with Crippen LogP contribution in [0, 0.1) is 0 Å². The number of fused-ring (bicyclic) bond motifs is 2. The summed E-state index contributed by atoms with van der Waals surface area (Å²) in [6.07, 6.45) is 8.91. The van der Waals surface area contributed by atoms with Gasteiger partial charge in [-0.2, -0.15) is 0 Å². The highest BCUT2D eigenvalue weighted by Crippen LogP contribution is 2.37. The average molecular weight is 420 g/mol. The van der Waals surface area contributed by atoms with E-state index in [-0.39, 0.29) is 6.61 Å². The van der Waals surface area contributed by atoms with Crippen LogP contribution in [0.3, 0.4) is 0 Å². The van der Waals surface area contributed by atoms with Gasteiger partial charge < -0.3 is 10.1 Å². The normalized spacial score (nSPS) is 15.8. The molecule has 1 heterocycles. The Hall–Kier alpha value is -2.93. The molecule has 4 rings (SSSR count). The molecule has 0 saturated carbocycles. The number of aliphatic hydroxyl groups is 1. The van der Waals surface area contributed by atoms with E-state index in [9.17, 15) is 9.90 Å². The van der Waals surface area contributed by atoms with Crippen molar-refractivity contribution in [1.29, 1.82) is 0 Å². The van der Waals surface area contributed by atoms with Gasteiger partial charge in [-0.15, -0.1) is 0 Å². The van der Waals surface area contributed by atoms with Crippen LogP contribution < -0.4 is 5.48 Å². The third kappa shape index (κ3) is 4.88. The molecule has 1 aliphatic rings. The lowest BCUT2D eigenvalue weighted by Crippen LogP contribution is -2.31. The van der Waals surface area contributed by atoms with Gasteiger partial charge >= 0.3 is 0 Å². The van der Waals surface area contributed by atoms with E-state index in [1.165, 1.54) is 33.7 Å². The summed E-state index contributed by atoms with van der Waals surface area (Å²) >= 11 is 0. The number of aromatic amines is 1. The van der Waals surface area contributed by atoms with Gasteiger partial charge in [0.25, 0.3) is 5.91 Å². The van der Waals surface area contributed by atoms with Crippen molar-refractivity contribution in [3.63, 3.8) is 0 Å². The first-order valence-electron chi connectivity index (χ1n) is 10.8. The number of carbonyl (C=O) groups excluding carboxylic acids is 1. The Labute approximate surface area is 182 Å². The lowest BCUT2D eigenvalue weighted by atomic mass is 10.0. The van der Waals surface area contributed by atoms with Crippen LogP contribution in [0.4, 0.5) is 0 Å². The van der Waals surface area contributed by atoms with Gasteiger partial charge in [0.1, 0.15) is 0 Å². The van der Waals surface area contributed by atoms with Crippen molar-refractivity contribution >= 4 is 22.9 Å². The number of rotatable bonds is 9. The maximum Gasteiger partial charge on any atom is 0.267 e. The first-order chi connectivity index (χ1) is 15.2. The number of para-hydroxylation sites is 1. The molecule has 1 unspecified atom stereocenters. The van der Waals surface area contributed by atoms with Crippen LogP contribution in [-0.2, 0) is 17.6 Å². The van der Waals surface area contributed by atoms with Gasteiger partial charge in [-0.05, 0) is 60.1 Å². The number of benzene rings is 2. The van der Waals surface area contributed by atoms with Crippen LogP contribution in [-0.4, -0.2) is 45.8 Å². The van der Waals surface area contributed by atoms with Crippen LogP contribution >= 0.6 is 0 Å². The minimum Gasteiger partial charge on any atom is -0.396 e. The SMILES string of the molecule is O=C(C=Cc1ccc2c(c1)CCC2N(CCCO)CCc1c[nH]c2ccccc12)NO. The summed E-state index contributed by atoms with van der Waals surface area (Å²) in [6, 6.07) is 15.0. The number of hydroxylamine groups is 1. The molecule has 3 aromatic rings. The van der Waals surface area contributed by atoms with Crippen LogP contribution in [0.1, 0.15) is 41.1 Å². The predicted molar refractivity (Wildman–Crippen MR) is 122 cm³/mol. The quantitative estimate of drug-likeness (QED) is 0.242. The minimum atomic E-state index is -0.536. The maximum atomic E-state index is 11.2. The number of hydrogen-bond acceptors (Lipinski definition) is 4. The summed E-state index contributed by atoms with van der Waals surface area (Å²) in [5.41, 5.74) is 7.69. The Morgan fingerprint density at radius 3 is 2.94 bits per heavy atom. The zero-order valence-corrected chi connectivity index (χ0v) is 17.6. The molecule has 0 spiro atoms. The number of aliphatic hydroxyl groups excluding tert-OH is 1. The molecule has 0 saturated heterocycles. The molecule has 0 radical (unpaired) electrons. The average Bonchev–Trinajstić information content (AvgIpc) is 3.41. The molecule has 1 aliphatic carbocycles. The number of H-pyrrole nitrogens is 1. The second kappa shape index (κ2) is 9.92. The Balaban J connectivity index is 1.50. The van der Waals surface area contributed by atoms with Gasteiger partial charge in [-0.1, -0.05) is 36.4 Å². The van der Waals surface area contributed by atoms with Gasteiger partial charge in [0.2, 0.25) is 0 Å². The molecular weight excluding hydrogens is 390 g/mol. The fourth-order valence-corrected chi connectivity index (χ4v) is 4.61. The maximum absolute atomic E-state index is 11.2. The Kier molecular flexibility index (Phi) is 6.82. The third-order valence-corrected chi connectivity index (χ3v) is 6.14. The zero-order valence-electron chi connectivity index (χ0n) is 17.6. The van der Waals surface area contributed by atoms with Gasteiger partial charge in [0, 0.05) is 48.9 Å². The van der Waals surface area contributed by atoms with E-state index in [0.29, 0.717) is 6.04 Å². The van der Waals surface area contributed by atoms with E-state index in [0.717, 1.165) is 44.3 Å². The number of aryl methyl sites for hydroxylation is 1. The summed E-state index contributed by atoms with van der Waals surface area (Å²) in [5, 5.41) is 19.3. The Bertz CT molecular complexity index is 1070. The van der Waals surface area contributed by atoms with E-state index in [1.807, 2.05) is 12.1 Å². The zero-order chi connectivity index (χ0) is 21.6. The van der Waals surface area contributed by atoms with Gasteiger partial charge in [-0.3, -0.25) is 14.9 Å². The molecule has 1 atom stereocenters. The fraction of sp³-hybridized carbons (Fsp3) is 0.320. The number of hydrogen-bond donors (Lipinski definition) is 4. The molecule has 4 N–H and O–H groups in total. The Morgan fingerprint density at radius 1 is 1.23 bits per heavy atom. The Morgan fingerprint density at radius 2 is 2.10 bits per heavy atom. The topological polar surface area (TPSA) is 88.6 Å². The number of amides is 1. The van der Waals surface area contributed by atoms with Crippen molar-refractivity contribution in [2.45, 2.75) is 31.7 Å². The van der Waals surface area contributed by atoms with Gasteiger partial charge in [-0.25, -0.2) is 5.48 Å². The minimum absolute atomic E-state index is 0.194. The second-order valence-corrected chi connectivity index (χ2v) is 8.04. The standard InChI is InChI=1S/C25H29N3O3/c29-15-3-13-28(14-12-20-17-26-23-5-2-1-4-21(20)23)24-10-8-19-16-18(6-9-22(19)24)7-11-25(30)27-31/h1-2,4-7,9,11,16-17,24,26,29,31H,3,8,10,12-15H2,(H,27,30). The molecule has 2 aromatic carbocycles. The first kappa shape index (κ1) is 21.3. The van der Waals surface area contributed by atoms with E-state index in [4.69, 9.17) is 5.21 Å². The van der Waals surface area contributed by atoms with Crippen LogP contribution in [0.5, 0.6) is 0 Å². The van der Waals surface area contributed by atoms with Crippen LogP contribution in [0.15, 0.2) is 54.7 Å². The summed E-state index contributed by atoms with van der Waals surface area (Å²) < 4.78 is 0. The highest BCUT2D eigenvalue weighted by Gasteiger charge is 2.27. The molecule has 31 heavy (non-hydrogen) atoms. The molecular formula is C25H29N3O3. The second-order valence-electron chi connectivity index (χ2n) is 8.04. The predicted octanol–water partition coefficient (Wildman–Crippen LogP) is 3.60. The van der Waals surface area contributed by atoms with Crippen molar-refractivity contribution in [2.24, 2.45) is 0 Å². The van der Waals surface area contributed by atoms with Crippen molar-refractivity contribution in [2.75, 3.05) is 19.7 Å². The first-order valence-corrected chi connectivity index (χ1v) is 10.8. The molecule has 0 bridgehead atoms. The molecule has 6 heteroatoms. The van der Waals surface area contributed by atoms with Crippen molar-refractivity contribution < 1.29 is 15.1 Å². The molecule has 0 fully saturated rings. The van der Waals surface area contributed by atoms with E-state index in [2.05, 4.69) is 46.4 Å². The highest BCUT2D eigenvalue weighted by molar-refractivity contribution is 5.90. The molecule has 0 aliphatic heterocycles. The largest absolute Gasteiger partial charge is 0.396 e. The summed E-state index contributed by atoms with van der Waals surface area (Å²) in [4.78, 5) is 17.1. The van der Waals surface area contributed by atoms with E-state index in [1.54, 1.807) is 11.6 Å².